The van der Waals surface area contributed by atoms with E-state index in [1.165, 1.54) is 30.9 Å². The quantitative estimate of drug-likeness (QED) is 0.765. The Morgan fingerprint density at radius 2 is 2.11 bits per heavy atom. The lowest BCUT2D eigenvalue weighted by molar-refractivity contribution is -0.146. The van der Waals surface area contributed by atoms with Crippen molar-refractivity contribution in [1.82, 2.24) is 9.71 Å². The number of carbonyl (C=O) groups is 2. The van der Waals surface area contributed by atoms with Gasteiger partial charge in [0.1, 0.15) is 18.0 Å². The molecule has 1 aromatic rings. The van der Waals surface area contributed by atoms with Crippen molar-refractivity contribution in [3.05, 3.63) is 18.2 Å². The second-order valence-corrected chi connectivity index (χ2v) is 4.79. The normalized spacial score (nSPS) is 16.5. The van der Waals surface area contributed by atoms with Crippen molar-refractivity contribution in [1.29, 1.82) is 0 Å². The molecule has 0 N–H and O–H groups in total. The number of hydrogen-bond acceptors (Lipinski definition) is 4. The van der Waals surface area contributed by atoms with Crippen LogP contribution >= 0.6 is 0 Å². The molecule has 1 fully saturated rings. The zero-order valence-corrected chi connectivity index (χ0v) is 10.6. The second-order valence-electron chi connectivity index (χ2n) is 4.79. The summed E-state index contributed by atoms with van der Waals surface area (Å²) in [4.78, 5) is 31.7. The molecular formula is C13H18N2O3. The maximum Gasteiger partial charge on any atom is 0.340 e. The van der Waals surface area contributed by atoms with Gasteiger partial charge in [0.2, 0.25) is 0 Å². The van der Waals surface area contributed by atoms with Crippen LogP contribution in [0.15, 0.2) is 12.4 Å². The zero-order valence-electron chi connectivity index (χ0n) is 10.6. The van der Waals surface area contributed by atoms with E-state index in [4.69, 9.17) is 4.84 Å². The van der Waals surface area contributed by atoms with Crippen molar-refractivity contribution in [3.8, 4) is 0 Å². The molecule has 0 aliphatic heterocycles. The molecule has 2 rings (SSSR count). The molecule has 1 aromatic heterocycles. The van der Waals surface area contributed by atoms with Crippen molar-refractivity contribution < 1.29 is 14.4 Å². The fourth-order valence-electron chi connectivity index (χ4n) is 2.37. The summed E-state index contributed by atoms with van der Waals surface area (Å²) in [7, 11) is 0. The molecule has 98 valence electrons. The van der Waals surface area contributed by atoms with Crippen LogP contribution in [0.3, 0.4) is 0 Å². The molecule has 0 bridgehead atoms. The molecule has 1 heterocycles. The lowest BCUT2D eigenvalue weighted by Gasteiger charge is -2.21. The first kappa shape index (κ1) is 12.8. The van der Waals surface area contributed by atoms with Gasteiger partial charge in [0.25, 0.3) is 0 Å². The fourth-order valence-corrected chi connectivity index (χ4v) is 2.37. The van der Waals surface area contributed by atoms with Crippen molar-refractivity contribution in [2.24, 2.45) is 0 Å². The Morgan fingerprint density at radius 1 is 1.39 bits per heavy atom. The first-order valence-electron chi connectivity index (χ1n) is 6.40. The van der Waals surface area contributed by atoms with Gasteiger partial charge in [-0.1, -0.05) is 19.3 Å². The number of Topliss-reactive ketones (excluding diaryl/α,β-unsaturated/α-hetero) is 1. The van der Waals surface area contributed by atoms with E-state index in [1.807, 2.05) is 0 Å². The highest BCUT2D eigenvalue weighted by molar-refractivity contribution is 5.94. The SMILES string of the molecule is CC(=O)CC(=O)On1ccnc1C1CCCCC1. The third kappa shape index (κ3) is 3.18. The monoisotopic (exact) mass is 250 g/mol. The average molecular weight is 250 g/mol. The van der Waals surface area contributed by atoms with Gasteiger partial charge in [-0.05, 0) is 19.8 Å². The standard InChI is InChI=1S/C13H18N2O3/c1-10(16)9-12(17)18-15-8-7-14-13(15)11-5-3-2-4-6-11/h7-8,11H,2-6,9H2,1H3. The summed E-state index contributed by atoms with van der Waals surface area (Å²) in [6.07, 6.45) is 8.89. The van der Waals surface area contributed by atoms with Crippen molar-refractivity contribution >= 4 is 11.8 Å². The van der Waals surface area contributed by atoms with E-state index in [0.717, 1.165) is 18.7 Å². The van der Waals surface area contributed by atoms with E-state index in [0.29, 0.717) is 5.92 Å². The second kappa shape index (κ2) is 5.80. The Kier molecular flexibility index (Phi) is 4.12. The van der Waals surface area contributed by atoms with Gasteiger partial charge in [-0.3, -0.25) is 4.79 Å². The van der Waals surface area contributed by atoms with Crippen molar-refractivity contribution in [3.63, 3.8) is 0 Å². The Bertz CT molecular complexity index is 433. The minimum atomic E-state index is -0.530. The topological polar surface area (TPSA) is 61.2 Å². The molecule has 0 spiro atoms. The molecule has 18 heavy (non-hydrogen) atoms. The molecule has 5 heteroatoms. The first-order chi connectivity index (χ1) is 8.66. The number of hydrogen-bond donors (Lipinski definition) is 0. The van der Waals surface area contributed by atoms with E-state index in [2.05, 4.69) is 4.98 Å². The van der Waals surface area contributed by atoms with Crippen LogP contribution in [0.5, 0.6) is 0 Å². The molecule has 5 nitrogen and oxygen atoms in total. The van der Waals surface area contributed by atoms with Crippen LogP contribution in [-0.4, -0.2) is 21.5 Å². The summed E-state index contributed by atoms with van der Waals surface area (Å²) in [5.41, 5.74) is 0. The number of nitrogens with zero attached hydrogens (tertiary/aromatic N) is 2. The van der Waals surface area contributed by atoms with Crippen LogP contribution in [0.4, 0.5) is 0 Å². The van der Waals surface area contributed by atoms with Gasteiger partial charge >= 0.3 is 5.97 Å². The van der Waals surface area contributed by atoms with Gasteiger partial charge in [-0.15, -0.1) is 0 Å². The van der Waals surface area contributed by atoms with E-state index < -0.39 is 5.97 Å². The Labute approximate surface area is 106 Å². The zero-order chi connectivity index (χ0) is 13.0. The predicted molar refractivity (Wildman–Crippen MR) is 64.9 cm³/mol. The number of rotatable bonds is 4. The van der Waals surface area contributed by atoms with E-state index in [9.17, 15) is 9.59 Å². The molecule has 1 saturated carbocycles. The first-order valence-corrected chi connectivity index (χ1v) is 6.40. The molecule has 0 amide bonds. The number of imidazole rings is 1. The van der Waals surface area contributed by atoms with Crippen LogP contribution < -0.4 is 4.84 Å². The highest BCUT2D eigenvalue weighted by atomic mass is 16.7. The molecule has 1 aliphatic carbocycles. The maximum atomic E-state index is 11.5. The van der Waals surface area contributed by atoms with E-state index in [-0.39, 0.29) is 12.2 Å². The Hall–Kier alpha value is -1.65. The summed E-state index contributed by atoms with van der Waals surface area (Å²) < 4.78 is 1.42. The maximum absolute atomic E-state index is 11.5. The third-order valence-electron chi connectivity index (χ3n) is 3.20. The Morgan fingerprint density at radius 3 is 2.78 bits per heavy atom. The lowest BCUT2D eigenvalue weighted by atomic mass is 9.89. The van der Waals surface area contributed by atoms with Gasteiger partial charge in [0.15, 0.2) is 0 Å². The van der Waals surface area contributed by atoms with Crippen LogP contribution in [0.1, 0.15) is 57.2 Å². The molecular weight excluding hydrogens is 232 g/mol. The van der Waals surface area contributed by atoms with Gasteiger partial charge < -0.3 is 4.84 Å². The summed E-state index contributed by atoms with van der Waals surface area (Å²) in [5, 5.41) is 0. The summed E-state index contributed by atoms with van der Waals surface area (Å²) >= 11 is 0. The van der Waals surface area contributed by atoms with Gasteiger partial charge in [-0.25, -0.2) is 9.78 Å². The fraction of sp³-hybridized carbons (Fsp3) is 0.615. The highest BCUT2D eigenvalue weighted by Gasteiger charge is 2.21. The number of carbonyl (C=O) groups excluding carboxylic acids is 2. The smallest absolute Gasteiger partial charge is 0.335 e. The van der Waals surface area contributed by atoms with Crippen LogP contribution in [0.25, 0.3) is 0 Å². The summed E-state index contributed by atoms with van der Waals surface area (Å²) in [6, 6.07) is 0. The summed E-state index contributed by atoms with van der Waals surface area (Å²) in [6.45, 7) is 1.37. The van der Waals surface area contributed by atoms with Gasteiger partial charge in [0, 0.05) is 12.1 Å². The largest absolute Gasteiger partial charge is 0.340 e. The lowest BCUT2D eigenvalue weighted by Crippen LogP contribution is -2.24. The molecule has 0 unspecified atom stereocenters. The number of aromatic nitrogens is 2. The van der Waals surface area contributed by atoms with Crippen LogP contribution in [0, 0.1) is 0 Å². The van der Waals surface area contributed by atoms with Crippen LogP contribution in [-0.2, 0) is 9.59 Å². The number of ketones is 1. The molecule has 0 aromatic carbocycles. The van der Waals surface area contributed by atoms with Gasteiger partial charge in [0.05, 0.1) is 6.20 Å². The highest BCUT2D eigenvalue weighted by Crippen LogP contribution is 2.31. The molecule has 0 atom stereocenters. The summed E-state index contributed by atoms with van der Waals surface area (Å²) in [5.74, 6) is 0.433. The minimum absolute atomic E-state index is 0.192. The van der Waals surface area contributed by atoms with E-state index in [1.54, 1.807) is 12.4 Å². The molecule has 0 saturated heterocycles. The minimum Gasteiger partial charge on any atom is -0.335 e. The van der Waals surface area contributed by atoms with Crippen LogP contribution in [0.2, 0.25) is 0 Å². The predicted octanol–water partition coefficient (Wildman–Crippen LogP) is 1.87. The average Bonchev–Trinajstić information content (AvgIpc) is 2.77. The molecule has 0 radical (unpaired) electrons. The van der Waals surface area contributed by atoms with Gasteiger partial charge in [-0.2, -0.15) is 4.73 Å². The van der Waals surface area contributed by atoms with E-state index >= 15 is 0 Å². The van der Waals surface area contributed by atoms with Crippen molar-refractivity contribution in [2.45, 2.75) is 51.4 Å². The Balaban J connectivity index is 2.02. The van der Waals surface area contributed by atoms with Crippen molar-refractivity contribution in [2.75, 3.05) is 0 Å². The third-order valence-corrected chi connectivity index (χ3v) is 3.20. The molecule has 1 aliphatic rings.